The number of ether oxygens (including phenoxy) is 1. The third kappa shape index (κ3) is 3.31. The summed E-state index contributed by atoms with van der Waals surface area (Å²) in [6.07, 6.45) is 4.05. The third-order valence-corrected chi connectivity index (χ3v) is 4.32. The van der Waals surface area contributed by atoms with Crippen LogP contribution in [-0.4, -0.2) is 19.0 Å². The first-order valence-electron chi connectivity index (χ1n) is 7.26. The van der Waals surface area contributed by atoms with Crippen LogP contribution in [0, 0.1) is 0 Å². The zero-order valence-corrected chi connectivity index (χ0v) is 13.6. The molecule has 0 amide bonds. The van der Waals surface area contributed by atoms with Crippen molar-refractivity contribution in [3.8, 4) is 5.75 Å². The zero-order chi connectivity index (χ0) is 15.4. The van der Waals surface area contributed by atoms with Crippen LogP contribution in [0.25, 0.3) is 10.8 Å². The second-order valence-electron chi connectivity index (χ2n) is 5.34. The summed E-state index contributed by atoms with van der Waals surface area (Å²) in [7, 11) is 4.03. The normalized spacial score (nSPS) is 12.6. The molecule has 0 N–H and O–H groups in total. The fourth-order valence-electron chi connectivity index (χ4n) is 2.33. The lowest BCUT2D eigenvalue weighted by molar-refractivity contribution is 0.260. The van der Waals surface area contributed by atoms with E-state index in [4.69, 9.17) is 4.74 Å². The van der Waals surface area contributed by atoms with E-state index in [1.165, 1.54) is 10.3 Å². The Hall–Kier alpha value is -2.26. The number of fused-ring (bicyclic) bond motifs is 1. The van der Waals surface area contributed by atoms with Crippen molar-refractivity contribution in [2.24, 2.45) is 0 Å². The van der Waals surface area contributed by atoms with Gasteiger partial charge in [0.2, 0.25) is 0 Å². The molecular weight excluding hydrogens is 290 g/mol. The van der Waals surface area contributed by atoms with Gasteiger partial charge in [-0.25, -0.2) is 0 Å². The van der Waals surface area contributed by atoms with Gasteiger partial charge in [-0.05, 0) is 35.2 Å². The highest BCUT2D eigenvalue weighted by atomic mass is 32.1. The molecule has 2 nitrogen and oxygen atoms in total. The first-order chi connectivity index (χ1) is 10.7. The quantitative estimate of drug-likeness (QED) is 0.650. The number of nitrogens with zero attached hydrogens (tertiary/aromatic N) is 1. The van der Waals surface area contributed by atoms with Gasteiger partial charge in [-0.2, -0.15) is 0 Å². The Labute approximate surface area is 135 Å². The highest BCUT2D eigenvalue weighted by molar-refractivity contribution is 7.10. The minimum atomic E-state index is -0.0757. The molecule has 0 saturated heterocycles. The van der Waals surface area contributed by atoms with Crippen molar-refractivity contribution in [2.45, 2.75) is 6.10 Å². The van der Waals surface area contributed by atoms with E-state index in [0.717, 1.165) is 11.1 Å². The number of rotatable bonds is 5. The third-order valence-electron chi connectivity index (χ3n) is 3.39. The molecule has 0 spiro atoms. The number of hydrogen-bond donors (Lipinski definition) is 0. The van der Waals surface area contributed by atoms with Gasteiger partial charge < -0.3 is 9.64 Å². The lowest BCUT2D eigenvalue weighted by Crippen LogP contribution is -2.07. The van der Waals surface area contributed by atoms with Gasteiger partial charge in [0.15, 0.2) is 6.10 Å². The molecule has 0 aliphatic heterocycles. The van der Waals surface area contributed by atoms with Crippen LogP contribution in [0.2, 0.25) is 0 Å². The minimum Gasteiger partial charge on any atom is -0.480 e. The molecule has 0 radical (unpaired) electrons. The molecule has 3 aromatic rings. The van der Waals surface area contributed by atoms with Gasteiger partial charge >= 0.3 is 0 Å². The predicted octanol–water partition coefficient (Wildman–Crippen LogP) is 5.10. The highest BCUT2D eigenvalue weighted by Crippen LogP contribution is 2.31. The summed E-state index contributed by atoms with van der Waals surface area (Å²) in [5.41, 5.74) is 0. The van der Waals surface area contributed by atoms with Crippen molar-refractivity contribution < 1.29 is 4.74 Å². The largest absolute Gasteiger partial charge is 0.480 e. The van der Waals surface area contributed by atoms with Crippen LogP contribution >= 0.6 is 11.3 Å². The Morgan fingerprint density at radius 1 is 1.00 bits per heavy atom. The summed E-state index contributed by atoms with van der Waals surface area (Å²) >= 11 is 1.71. The van der Waals surface area contributed by atoms with Crippen molar-refractivity contribution in [2.75, 3.05) is 14.1 Å². The SMILES string of the molecule is CN(C)/C=C\[C@H](Oc1cccc2ccccc12)c1cccs1. The number of benzene rings is 2. The topological polar surface area (TPSA) is 12.5 Å². The summed E-state index contributed by atoms with van der Waals surface area (Å²) in [6.45, 7) is 0. The summed E-state index contributed by atoms with van der Waals surface area (Å²) in [5, 5.41) is 4.42. The molecule has 3 rings (SSSR count). The molecule has 0 bridgehead atoms. The second kappa shape index (κ2) is 6.67. The van der Waals surface area contributed by atoms with E-state index in [0.29, 0.717) is 0 Å². The van der Waals surface area contributed by atoms with E-state index in [1.807, 2.05) is 43.4 Å². The Bertz CT molecular complexity index is 757. The zero-order valence-electron chi connectivity index (χ0n) is 12.8. The molecule has 0 aliphatic carbocycles. The molecule has 2 aromatic carbocycles. The first-order valence-corrected chi connectivity index (χ1v) is 8.14. The smallest absolute Gasteiger partial charge is 0.153 e. The number of hydrogen-bond acceptors (Lipinski definition) is 3. The average molecular weight is 309 g/mol. The lowest BCUT2D eigenvalue weighted by Gasteiger charge is -2.17. The predicted molar refractivity (Wildman–Crippen MR) is 94.5 cm³/mol. The van der Waals surface area contributed by atoms with E-state index in [9.17, 15) is 0 Å². The fourth-order valence-corrected chi connectivity index (χ4v) is 3.06. The van der Waals surface area contributed by atoms with Gasteiger partial charge in [-0.3, -0.25) is 0 Å². The summed E-state index contributed by atoms with van der Waals surface area (Å²) < 4.78 is 6.32. The van der Waals surface area contributed by atoms with E-state index >= 15 is 0 Å². The van der Waals surface area contributed by atoms with Crippen LogP contribution in [0.4, 0.5) is 0 Å². The van der Waals surface area contributed by atoms with E-state index < -0.39 is 0 Å². The van der Waals surface area contributed by atoms with Gasteiger partial charge in [0.05, 0.1) is 0 Å². The molecule has 1 heterocycles. The van der Waals surface area contributed by atoms with Gasteiger partial charge in [0.1, 0.15) is 5.75 Å². The van der Waals surface area contributed by atoms with Gasteiger partial charge in [0, 0.05) is 24.4 Å². The van der Waals surface area contributed by atoms with Crippen LogP contribution in [0.5, 0.6) is 5.75 Å². The van der Waals surface area contributed by atoms with E-state index in [2.05, 4.69) is 47.9 Å². The molecular formula is C19H19NOS. The van der Waals surface area contributed by atoms with Crippen LogP contribution in [0.3, 0.4) is 0 Å². The van der Waals surface area contributed by atoms with Gasteiger partial charge in [-0.15, -0.1) is 11.3 Å². The van der Waals surface area contributed by atoms with Gasteiger partial charge in [0.25, 0.3) is 0 Å². The van der Waals surface area contributed by atoms with Gasteiger partial charge in [-0.1, -0.05) is 42.5 Å². The van der Waals surface area contributed by atoms with Crippen LogP contribution < -0.4 is 4.74 Å². The average Bonchev–Trinajstić information content (AvgIpc) is 3.05. The van der Waals surface area contributed by atoms with E-state index in [-0.39, 0.29) is 6.10 Å². The Morgan fingerprint density at radius 2 is 1.82 bits per heavy atom. The highest BCUT2D eigenvalue weighted by Gasteiger charge is 2.13. The molecule has 1 atom stereocenters. The molecule has 1 aromatic heterocycles. The summed E-state index contributed by atoms with van der Waals surface area (Å²) in [6, 6.07) is 18.7. The van der Waals surface area contributed by atoms with Crippen molar-refractivity contribution >= 4 is 22.1 Å². The van der Waals surface area contributed by atoms with Crippen molar-refractivity contribution in [1.29, 1.82) is 0 Å². The van der Waals surface area contributed by atoms with Crippen molar-refractivity contribution in [3.63, 3.8) is 0 Å². The molecule has 0 aliphatic rings. The van der Waals surface area contributed by atoms with Crippen LogP contribution in [0.15, 0.2) is 72.3 Å². The molecule has 0 fully saturated rings. The molecule has 112 valence electrons. The fraction of sp³-hybridized carbons (Fsp3) is 0.158. The monoisotopic (exact) mass is 309 g/mol. The maximum absolute atomic E-state index is 6.32. The number of thiophene rings is 1. The Kier molecular flexibility index (Phi) is 4.45. The molecule has 0 saturated carbocycles. The summed E-state index contributed by atoms with van der Waals surface area (Å²) in [5.74, 6) is 0.917. The molecule has 3 heteroatoms. The minimum absolute atomic E-state index is 0.0757. The summed E-state index contributed by atoms with van der Waals surface area (Å²) in [4.78, 5) is 3.22. The lowest BCUT2D eigenvalue weighted by atomic mass is 10.1. The Morgan fingerprint density at radius 3 is 2.59 bits per heavy atom. The molecule has 0 unspecified atom stereocenters. The second-order valence-corrected chi connectivity index (χ2v) is 6.32. The first kappa shape index (κ1) is 14.7. The van der Waals surface area contributed by atoms with Crippen LogP contribution in [-0.2, 0) is 0 Å². The van der Waals surface area contributed by atoms with E-state index in [1.54, 1.807) is 11.3 Å². The molecule has 22 heavy (non-hydrogen) atoms. The Balaban J connectivity index is 1.95. The standard InChI is InChI=1S/C19H19NOS/c1-20(2)13-12-18(19-11-6-14-22-19)21-17-10-5-8-15-7-3-4-9-16(15)17/h3-14,18H,1-2H3/b13-12-/t18-/m0/s1. The van der Waals surface area contributed by atoms with Crippen LogP contribution in [0.1, 0.15) is 11.0 Å². The maximum Gasteiger partial charge on any atom is 0.153 e. The maximum atomic E-state index is 6.32. The van der Waals surface area contributed by atoms with Crippen molar-refractivity contribution in [1.82, 2.24) is 4.90 Å². The van der Waals surface area contributed by atoms with Crippen molar-refractivity contribution in [3.05, 3.63) is 77.1 Å².